The van der Waals surface area contributed by atoms with Gasteiger partial charge >= 0.3 is 0 Å². The van der Waals surface area contributed by atoms with E-state index in [-0.39, 0.29) is 18.5 Å². The summed E-state index contributed by atoms with van der Waals surface area (Å²) in [5, 5.41) is 8.32. The summed E-state index contributed by atoms with van der Waals surface area (Å²) in [5.41, 5.74) is 2.03. The predicted octanol–water partition coefficient (Wildman–Crippen LogP) is 4.67. The third-order valence-electron chi connectivity index (χ3n) is 3.56. The first-order valence-corrected chi connectivity index (χ1v) is 9.55. The van der Waals surface area contributed by atoms with Crippen LogP contribution in [0.5, 0.6) is 0 Å². The van der Waals surface area contributed by atoms with Crippen LogP contribution < -0.4 is 10.6 Å². The van der Waals surface area contributed by atoms with Gasteiger partial charge in [0.25, 0.3) is 0 Å². The Balaban J connectivity index is 1.66. The maximum Gasteiger partial charge on any atom is 0.240 e. The second-order valence-electron chi connectivity index (χ2n) is 5.29. The summed E-state index contributed by atoms with van der Waals surface area (Å²) in [5.74, 6) is -0.0317. The number of amides is 1. The number of thiophene rings is 1. The van der Waals surface area contributed by atoms with E-state index in [0.29, 0.717) is 0 Å². The fraction of sp³-hybridized carbons (Fsp3) is 0.105. The summed E-state index contributed by atoms with van der Waals surface area (Å²) in [4.78, 5) is 13.5. The van der Waals surface area contributed by atoms with Crippen molar-refractivity contribution in [1.29, 1.82) is 0 Å². The first kappa shape index (κ1) is 17.0. The number of carbonyl (C=O) groups is 1. The summed E-state index contributed by atoms with van der Waals surface area (Å²) in [6, 6.07) is 22.0. The number of hydrogen-bond donors (Lipinski definition) is 2. The summed E-state index contributed by atoms with van der Waals surface area (Å²) >= 11 is 3.91. The van der Waals surface area contributed by atoms with E-state index in [1.54, 1.807) is 11.3 Å². The molecule has 0 aliphatic heterocycles. The molecule has 1 atom stereocenters. The van der Waals surface area contributed by atoms with Gasteiger partial charge in [-0.1, -0.05) is 36.4 Å². The van der Waals surface area contributed by atoms with E-state index in [2.05, 4.69) is 39.3 Å². The number of hydrogen-bond acceptors (Lipinski definition) is 3. The first-order chi connectivity index (χ1) is 11.7. The largest absolute Gasteiger partial charge is 0.376 e. The van der Waals surface area contributed by atoms with Crippen molar-refractivity contribution in [3.8, 4) is 0 Å². The first-order valence-electron chi connectivity index (χ1n) is 7.59. The van der Waals surface area contributed by atoms with Crippen LogP contribution in [0.4, 0.5) is 5.69 Å². The maximum absolute atomic E-state index is 12.4. The van der Waals surface area contributed by atoms with Crippen LogP contribution in [0.2, 0.25) is 0 Å². The van der Waals surface area contributed by atoms with E-state index in [1.807, 2.05) is 66.0 Å². The predicted molar refractivity (Wildman–Crippen MR) is 108 cm³/mol. The number of carbonyl (C=O) groups excluding carboxylic acids is 1. The van der Waals surface area contributed by atoms with E-state index in [0.717, 1.165) is 16.1 Å². The minimum atomic E-state index is -0.114. The zero-order valence-corrected chi connectivity index (χ0v) is 15.9. The second kappa shape index (κ2) is 8.30. The molecule has 0 bridgehead atoms. The fourth-order valence-corrected chi connectivity index (χ4v) is 3.54. The van der Waals surface area contributed by atoms with Gasteiger partial charge in [0.05, 0.1) is 12.6 Å². The molecule has 0 aliphatic carbocycles. The lowest BCUT2D eigenvalue weighted by molar-refractivity contribution is -0.119. The van der Waals surface area contributed by atoms with Gasteiger partial charge in [-0.2, -0.15) is 0 Å². The molecule has 0 spiro atoms. The van der Waals surface area contributed by atoms with Gasteiger partial charge in [-0.25, -0.2) is 0 Å². The highest BCUT2D eigenvalue weighted by Crippen LogP contribution is 2.25. The smallest absolute Gasteiger partial charge is 0.240 e. The Hall–Kier alpha value is -1.86. The van der Waals surface area contributed by atoms with Gasteiger partial charge in [-0.05, 0) is 63.9 Å². The lowest BCUT2D eigenvalue weighted by atomic mass is 10.1. The van der Waals surface area contributed by atoms with E-state index in [4.69, 9.17) is 0 Å². The number of halogens is 1. The van der Waals surface area contributed by atoms with Gasteiger partial charge in [0, 0.05) is 14.1 Å². The molecule has 1 amide bonds. The molecule has 2 aromatic carbocycles. The molecule has 24 heavy (non-hydrogen) atoms. The number of rotatable bonds is 6. The molecule has 0 radical (unpaired) electrons. The van der Waals surface area contributed by atoms with Crippen LogP contribution in [0.1, 0.15) is 16.5 Å². The van der Waals surface area contributed by atoms with E-state index in [1.165, 1.54) is 3.57 Å². The lowest BCUT2D eigenvalue weighted by Gasteiger charge is -2.18. The molecule has 0 saturated heterocycles. The molecule has 0 unspecified atom stereocenters. The zero-order chi connectivity index (χ0) is 16.8. The van der Waals surface area contributed by atoms with Gasteiger partial charge in [-0.3, -0.25) is 4.79 Å². The van der Waals surface area contributed by atoms with E-state index in [9.17, 15) is 4.79 Å². The third-order valence-corrected chi connectivity index (χ3v) is 5.22. The number of anilines is 1. The molecule has 3 aromatic rings. The lowest BCUT2D eigenvalue weighted by Crippen LogP contribution is -2.33. The van der Waals surface area contributed by atoms with Gasteiger partial charge in [0.1, 0.15) is 0 Å². The minimum Gasteiger partial charge on any atom is -0.376 e. The number of benzene rings is 2. The van der Waals surface area contributed by atoms with Crippen LogP contribution in [0.15, 0.2) is 72.1 Å². The Morgan fingerprint density at radius 3 is 2.42 bits per heavy atom. The van der Waals surface area contributed by atoms with Crippen molar-refractivity contribution in [2.75, 3.05) is 11.9 Å². The quantitative estimate of drug-likeness (QED) is 0.539. The molecule has 1 aromatic heterocycles. The van der Waals surface area contributed by atoms with E-state index >= 15 is 0 Å². The summed E-state index contributed by atoms with van der Waals surface area (Å²) in [6.45, 7) is 0.245. The highest BCUT2D eigenvalue weighted by Gasteiger charge is 2.17. The third kappa shape index (κ3) is 4.58. The topological polar surface area (TPSA) is 41.1 Å². The van der Waals surface area contributed by atoms with Gasteiger partial charge in [0.2, 0.25) is 5.91 Å². The van der Waals surface area contributed by atoms with Crippen molar-refractivity contribution in [3.63, 3.8) is 0 Å². The second-order valence-corrected chi connectivity index (χ2v) is 7.51. The van der Waals surface area contributed by atoms with Crippen LogP contribution in [0.25, 0.3) is 0 Å². The molecule has 122 valence electrons. The molecule has 0 aliphatic rings. The Morgan fingerprint density at radius 1 is 1.00 bits per heavy atom. The molecule has 0 saturated carbocycles. The van der Waals surface area contributed by atoms with Crippen LogP contribution >= 0.6 is 33.9 Å². The highest BCUT2D eigenvalue weighted by molar-refractivity contribution is 14.1. The van der Waals surface area contributed by atoms with Crippen molar-refractivity contribution < 1.29 is 4.79 Å². The zero-order valence-electron chi connectivity index (χ0n) is 12.9. The molecule has 0 fully saturated rings. The molecule has 2 N–H and O–H groups in total. The average Bonchev–Trinajstić information content (AvgIpc) is 3.14. The Labute approximate surface area is 159 Å². The van der Waals surface area contributed by atoms with Crippen molar-refractivity contribution in [1.82, 2.24) is 5.32 Å². The SMILES string of the molecule is O=C(CNc1ccc(I)cc1)N[C@H](c1ccccc1)c1cccs1. The van der Waals surface area contributed by atoms with E-state index < -0.39 is 0 Å². The Morgan fingerprint density at radius 2 is 1.75 bits per heavy atom. The molecule has 5 heteroatoms. The van der Waals surface area contributed by atoms with Crippen LogP contribution in [-0.4, -0.2) is 12.5 Å². The maximum atomic E-state index is 12.4. The van der Waals surface area contributed by atoms with Crippen LogP contribution in [0.3, 0.4) is 0 Å². The summed E-state index contributed by atoms with van der Waals surface area (Å²) in [6.07, 6.45) is 0. The fourth-order valence-electron chi connectivity index (χ4n) is 2.38. The van der Waals surface area contributed by atoms with Crippen molar-refractivity contribution >= 4 is 45.5 Å². The standard InChI is InChI=1S/C19H17IN2OS/c20-15-8-10-16(11-9-15)21-13-18(23)22-19(17-7-4-12-24-17)14-5-2-1-3-6-14/h1-12,19,21H,13H2,(H,22,23)/t19-/m1/s1. The van der Waals surface area contributed by atoms with Crippen molar-refractivity contribution in [3.05, 3.63) is 86.1 Å². The van der Waals surface area contributed by atoms with Crippen LogP contribution in [-0.2, 0) is 4.79 Å². The monoisotopic (exact) mass is 448 g/mol. The molecule has 1 heterocycles. The summed E-state index contributed by atoms with van der Waals surface area (Å²) < 4.78 is 1.17. The van der Waals surface area contributed by atoms with Gasteiger partial charge in [0.15, 0.2) is 0 Å². The normalized spacial score (nSPS) is 11.7. The Bertz CT molecular complexity index is 773. The van der Waals surface area contributed by atoms with Crippen molar-refractivity contribution in [2.24, 2.45) is 0 Å². The van der Waals surface area contributed by atoms with Gasteiger partial charge < -0.3 is 10.6 Å². The summed E-state index contributed by atoms with van der Waals surface area (Å²) in [7, 11) is 0. The van der Waals surface area contributed by atoms with Crippen molar-refractivity contribution in [2.45, 2.75) is 6.04 Å². The number of nitrogens with one attached hydrogen (secondary N) is 2. The van der Waals surface area contributed by atoms with Crippen LogP contribution in [0, 0.1) is 3.57 Å². The van der Waals surface area contributed by atoms with Gasteiger partial charge in [-0.15, -0.1) is 11.3 Å². The molecule has 3 rings (SSSR count). The Kier molecular flexibility index (Phi) is 5.87. The molecular formula is C19H17IN2OS. The minimum absolute atomic E-state index is 0.0317. The average molecular weight is 448 g/mol. The molecular weight excluding hydrogens is 431 g/mol. The molecule has 3 nitrogen and oxygen atoms in total. The highest BCUT2D eigenvalue weighted by atomic mass is 127.